The Morgan fingerprint density at radius 1 is 1.19 bits per heavy atom. The van der Waals surface area contributed by atoms with Crippen LogP contribution in [-0.4, -0.2) is 27.5 Å². The first-order valence-corrected chi connectivity index (χ1v) is 11.0. The molecule has 0 unspecified atom stereocenters. The Hall–Kier alpha value is -2.81. The molecule has 4 rings (SSSR count). The number of alkyl halides is 3. The summed E-state index contributed by atoms with van der Waals surface area (Å²) in [4.78, 5) is 15.3. The summed E-state index contributed by atoms with van der Waals surface area (Å²) in [7, 11) is 0. The maximum absolute atomic E-state index is 12.6. The number of rotatable bonds is 6. The van der Waals surface area contributed by atoms with Gasteiger partial charge in [0, 0.05) is 17.9 Å². The fourth-order valence-corrected chi connectivity index (χ4v) is 4.48. The summed E-state index contributed by atoms with van der Waals surface area (Å²) < 4.78 is 39.3. The van der Waals surface area contributed by atoms with Crippen LogP contribution in [0.4, 0.5) is 24.7 Å². The zero-order chi connectivity index (χ0) is 22.9. The van der Waals surface area contributed by atoms with Crippen LogP contribution in [0.25, 0.3) is 10.9 Å². The number of fused-ring (bicyclic) bond motifs is 1. The fourth-order valence-electron chi connectivity index (χ4n) is 4.48. The third-order valence-electron chi connectivity index (χ3n) is 6.29. The maximum atomic E-state index is 12.6. The molecule has 0 aliphatic heterocycles. The minimum absolute atomic E-state index is 0.207. The molecule has 0 amide bonds. The van der Waals surface area contributed by atoms with Crippen LogP contribution in [0.3, 0.4) is 0 Å². The molecule has 0 radical (unpaired) electrons. The molecule has 0 spiro atoms. The highest BCUT2D eigenvalue weighted by molar-refractivity contribution is 5.91. The summed E-state index contributed by atoms with van der Waals surface area (Å²) in [6.45, 7) is 2.87. The molecule has 2 heterocycles. The Bertz CT molecular complexity index is 1120. The van der Waals surface area contributed by atoms with Gasteiger partial charge < -0.3 is 15.6 Å². The van der Waals surface area contributed by atoms with Gasteiger partial charge in [-0.15, -0.1) is 0 Å². The quantitative estimate of drug-likeness (QED) is 0.471. The van der Waals surface area contributed by atoms with Crippen molar-refractivity contribution in [3.63, 3.8) is 0 Å². The predicted molar refractivity (Wildman–Crippen MR) is 119 cm³/mol. The molecule has 3 atom stereocenters. The van der Waals surface area contributed by atoms with E-state index in [9.17, 15) is 18.0 Å². The fraction of sp³-hybridized carbons (Fsp3) is 0.478. The number of anilines is 2. The van der Waals surface area contributed by atoms with Crippen molar-refractivity contribution in [2.45, 2.75) is 57.8 Å². The van der Waals surface area contributed by atoms with Crippen molar-refractivity contribution in [3.8, 4) is 0 Å². The molecule has 172 valence electrons. The normalized spacial score (nSPS) is 20.4. The Balaban J connectivity index is 1.59. The van der Waals surface area contributed by atoms with Crippen LogP contribution in [-0.2, 0) is 0 Å². The van der Waals surface area contributed by atoms with E-state index in [0.717, 1.165) is 30.3 Å². The molecule has 3 N–H and O–H groups in total. The maximum Gasteiger partial charge on any atom is 0.401 e. The number of benzene rings is 1. The number of hydrogen-bond donors (Lipinski definition) is 3. The summed E-state index contributed by atoms with van der Waals surface area (Å²) in [5.41, 5.74) is 2.05. The van der Waals surface area contributed by atoms with Gasteiger partial charge in [0.2, 0.25) is 0 Å². The number of aromatic nitrogens is 3. The number of halogens is 3. The molecule has 1 aliphatic rings. The SMILES string of the molecule is C[C@@H](NCC(F)(F)F)c1ccc(Nc2nn([C@H]3CCCC[C@@H]3C)c3cc[nH]c(=O)c23)cc1. The molecule has 3 aromatic rings. The van der Waals surface area contributed by atoms with Crippen molar-refractivity contribution in [2.24, 2.45) is 5.92 Å². The molecule has 0 saturated heterocycles. The van der Waals surface area contributed by atoms with Crippen molar-refractivity contribution in [2.75, 3.05) is 11.9 Å². The molecule has 6 nitrogen and oxygen atoms in total. The summed E-state index contributed by atoms with van der Waals surface area (Å²) in [5.74, 6) is 0.958. The van der Waals surface area contributed by atoms with Crippen LogP contribution in [0.15, 0.2) is 41.3 Å². The number of hydrogen-bond acceptors (Lipinski definition) is 4. The Labute approximate surface area is 184 Å². The van der Waals surface area contributed by atoms with E-state index in [4.69, 9.17) is 5.10 Å². The lowest BCUT2D eigenvalue weighted by Gasteiger charge is -2.29. The first-order valence-electron chi connectivity index (χ1n) is 11.0. The Morgan fingerprint density at radius 3 is 2.59 bits per heavy atom. The standard InChI is InChI=1S/C23H28F3N5O/c1-14-5-3-4-6-18(14)31-19-11-12-27-22(32)20(19)21(30-31)29-17-9-7-16(8-10-17)15(2)28-13-23(24,25)26/h7-12,14-15,18,28H,3-6,13H2,1-2H3,(H,27,32)(H,29,30)/t14-,15+,18-/m0/s1. The van der Waals surface area contributed by atoms with E-state index in [1.165, 1.54) is 6.42 Å². The zero-order valence-electron chi connectivity index (χ0n) is 18.2. The second kappa shape index (κ2) is 8.97. The van der Waals surface area contributed by atoms with E-state index in [1.807, 2.05) is 10.7 Å². The summed E-state index contributed by atoms with van der Waals surface area (Å²) in [5, 5.41) is 11.0. The van der Waals surface area contributed by atoms with Gasteiger partial charge in [-0.3, -0.25) is 9.48 Å². The highest BCUT2D eigenvalue weighted by atomic mass is 19.4. The van der Waals surface area contributed by atoms with Gasteiger partial charge in [0.15, 0.2) is 5.82 Å². The van der Waals surface area contributed by atoms with Gasteiger partial charge in [0.05, 0.1) is 18.1 Å². The lowest BCUT2D eigenvalue weighted by molar-refractivity contribution is -0.126. The van der Waals surface area contributed by atoms with Crippen molar-refractivity contribution >= 4 is 22.4 Å². The first-order chi connectivity index (χ1) is 15.2. The molecule has 0 bridgehead atoms. The van der Waals surface area contributed by atoms with Crippen LogP contribution in [0.5, 0.6) is 0 Å². The number of H-pyrrole nitrogens is 1. The van der Waals surface area contributed by atoms with Crippen LogP contribution in [0.1, 0.15) is 57.2 Å². The van der Waals surface area contributed by atoms with Crippen molar-refractivity contribution in [3.05, 3.63) is 52.4 Å². The molecule has 1 saturated carbocycles. The Morgan fingerprint density at radius 2 is 1.91 bits per heavy atom. The van der Waals surface area contributed by atoms with Crippen LogP contribution in [0.2, 0.25) is 0 Å². The third-order valence-corrected chi connectivity index (χ3v) is 6.29. The average Bonchev–Trinajstić information content (AvgIpc) is 3.12. The van der Waals surface area contributed by atoms with E-state index in [0.29, 0.717) is 22.8 Å². The largest absolute Gasteiger partial charge is 0.401 e. The first kappa shape index (κ1) is 22.4. The minimum Gasteiger partial charge on any atom is -0.338 e. The Kier molecular flexibility index (Phi) is 6.28. The van der Waals surface area contributed by atoms with Crippen molar-refractivity contribution in [1.82, 2.24) is 20.1 Å². The molecular formula is C23H28F3N5O. The zero-order valence-corrected chi connectivity index (χ0v) is 18.2. The summed E-state index contributed by atoms with van der Waals surface area (Å²) in [6, 6.07) is 8.78. The average molecular weight is 448 g/mol. The summed E-state index contributed by atoms with van der Waals surface area (Å²) in [6.07, 6.45) is 1.92. The highest BCUT2D eigenvalue weighted by Crippen LogP contribution is 2.36. The second-order valence-electron chi connectivity index (χ2n) is 8.65. The van der Waals surface area contributed by atoms with Crippen LogP contribution in [0, 0.1) is 5.92 Å². The molecule has 9 heteroatoms. The van der Waals surface area contributed by atoms with Gasteiger partial charge in [-0.25, -0.2) is 0 Å². The predicted octanol–water partition coefficient (Wildman–Crippen LogP) is 5.43. The van der Waals surface area contributed by atoms with Crippen LogP contribution < -0.4 is 16.2 Å². The number of nitrogens with one attached hydrogen (secondary N) is 3. The lowest BCUT2D eigenvalue weighted by atomic mass is 9.86. The topological polar surface area (TPSA) is 74.7 Å². The molecule has 1 fully saturated rings. The van der Waals surface area contributed by atoms with Gasteiger partial charge in [-0.2, -0.15) is 18.3 Å². The monoisotopic (exact) mass is 447 g/mol. The van der Waals surface area contributed by atoms with E-state index >= 15 is 0 Å². The van der Waals surface area contributed by atoms with Crippen molar-refractivity contribution < 1.29 is 13.2 Å². The van der Waals surface area contributed by atoms with Gasteiger partial charge in [-0.1, -0.05) is 31.9 Å². The van der Waals surface area contributed by atoms with E-state index in [1.54, 1.807) is 37.4 Å². The van der Waals surface area contributed by atoms with E-state index < -0.39 is 18.8 Å². The van der Waals surface area contributed by atoms with Gasteiger partial charge >= 0.3 is 6.18 Å². The number of aromatic amines is 1. The molecule has 32 heavy (non-hydrogen) atoms. The smallest absolute Gasteiger partial charge is 0.338 e. The van der Waals surface area contributed by atoms with Gasteiger partial charge in [0.25, 0.3) is 5.56 Å². The summed E-state index contributed by atoms with van der Waals surface area (Å²) >= 11 is 0. The van der Waals surface area contributed by atoms with E-state index in [-0.39, 0.29) is 11.6 Å². The van der Waals surface area contributed by atoms with Crippen molar-refractivity contribution in [1.29, 1.82) is 0 Å². The highest BCUT2D eigenvalue weighted by Gasteiger charge is 2.28. The molecule has 1 aliphatic carbocycles. The molecular weight excluding hydrogens is 419 g/mol. The van der Waals surface area contributed by atoms with Crippen LogP contribution >= 0.6 is 0 Å². The van der Waals surface area contributed by atoms with Gasteiger partial charge in [0.1, 0.15) is 5.39 Å². The third kappa shape index (κ3) is 4.82. The minimum atomic E-state index is -4.25. The van der Waals surface area contributed by atoms with Gasteiger partial charge in [-0.05, 0) is 49.4 Å². The molecule has 1 aromatic carbocycles. The number of nitrogens with zero attached hydrogens (tertiary/aromatic N) is 2. The second-order valence-corrected chi connectivity index (χ2v) is 8.65. The number of pyridine rings is 1. The molecule has 2 aromatic heterocycles. The van der Waals surface area contributed by atoms with E-state index in [2.05, 4.69) is 22.5 Å². The lowest BCUT2D eigenvalue weighted by Crippen LogP contribution is -2.30.